The molecule has 0 saturated heterocycles. The number of rotatable bonds is 8. The average molecular weight is 917 g/mol. The summed E-state index contributed by atoms with van der Waals surface area (Å²) in [5, 5.41) is 16.9. The maximum Gasteiger partial charge on any atom is 0.0547 e. The Morgan fingerprint density at radius 3 is 0.819 bits per heavy atom. The fourth-order valence-electron chi connectivity index (χ4n) is 11.7. The third kappa shape index (κ3) is 6.64. The highest BCUT2D eigenvalue weighted by Gasteiger charge is 2.28. The number of anilines is 6. The van der Waals surface area contributed by atoms with Crippen LogP contribution in [0.1, 0.15) is 11.1 Å². The van der Waals surface area contributed by atoms with Crippen LogP contribution in [0.4, 0.5) is 34.1 Å². The van der Waals surface area contributed by atoms with Gasteiger partial charge in [0.05, 0.1) is 34.1 Å². The molecule has 0 aliphatic heterocycles. The maximum absolute atomic E-state index is 2.55. The molecule has 0 N–H and O–H groups in total. The average Bonchev–Trinajstić information content (AvgIpc) is 3.43. The number of nitrogens with zero attached hydrogens (tertiary/aromatic N) is 2. The van der Waals surface area contributed by atoms with Gasteiger partial charge in [-0.15, -0.1) is 0 Å². The summed E-state index contributed by atoms with van der Waals surface area (Å²) in [5.41, 5.74) is 14.0. The Hall–Kier alpha value is -9.24. The zero-order valence-electron chi connectivity index (χ0n) is 40.1. The molecule has 0 aromatic heterocycles. The molecule has 0 fully saturated rings. The van der Waals surface area contributed by atoms with Gasteiger partial charge in [-0.1, -0.05) is 230 Å². The number of aryl methyl sites for hydroxylation is 2. The Bertz CT molecular complexity index is 3950. The highest BCUT2D eigenvalue weighted by atomic mass is 15.2. The minimum atomic E-state index is 1.13. The minimum absolute atomic E-state index is 1.13. The van der Waals surface area contributed by atoms with Gasteiger partial charge in [-0.2, -0.15) is 0 Å². The molecule has 14 aromatic carbocycles. The van der Waals surface area contributed by atoms with E-state index in [0.717, 1.165) is 34.1 Å². The van der Waals surface area contributed by atoms with Gasteiger partial charge in [0.1, 0.15) is 0 Å². The van der Waals surface area contributed by atoms with E-state index in [1.54, 1.807) is 0 Å². The van der Waals surface area contributed by atoms with Crippen molar-refractivity contribution in [1.29, 1.82) is 0 Å². The second-order valence-electron chi connectivity index (χ2n) is 19.4. The van der Waals surface area contributed by atoms with Crippen molar-refractivity contribution in [3.05, 3.63) is 266 Å². The Morgan fingerprint density at radius 2 is 0.500 bits per heavy atom. The number of hydrogen-bond acceptors (Lipinski definition) is 2. The molecule has 14 aromatic rings. The van der Waals surface area contributed by atoms with Crippen molar-refractivity contribution in [2.75, 3.05) is 9.80 Å². The van der Waals surface area contributed by atoms with E-state index in [-0.39, 0.29) is 0 Å². The normalized spacial score (nSPS) is 11.8. The van der Waals surface area contributed by atoms with Crippen molar-refractivity contribution in [2.24, 2.45) is 0 Å². The summed E-state index contributed by atoms with van der Waals surface area (Å²) in [6, 6.07) is 95.0. The first kappa shape index (κ1) is 41.7. The van der Waals surface area contributed by atoms with Crippen LogP contribution in [0.3, 0.4) is 0 Å². The number of fused-ring (bicyclic) bond motifs is 4. The van der Waals surface area contributed by atoms with E-state index in [1.165, 1.54) is 109 Å². The largest absolute Gasteiger partial charge is 0.309 e. The van der Waals surface area contributed by atoms with Crippen LogP contribution < -0.4 is 9.80 Å². The predicted octanol–water partition coefficient (Wildman–Crippen LogP) is 20.1. The van der Waals surface area contributed by atoms with Crippen LogP contribution in [-0.4, -0.2) is 0 Å². The van der Waals surface area contributed by atoms with Crippen molar-refractivity contribution < 1.29 is 0 Å². The Balaban J connectivity index is 1.18. The van der Waals surface area contributed by atoms with E-state index < -0.39 is 0 Å². The monoisotopic (exact) mass is 916 g/mol. The molecular weight excluding hydrogens is 869 g/mol. The first-order valence-corrected chi connectivity index (χ1v) is 25.0. The molecule has 0 unspecified atom stereocenters. The molecule has 2 nitrogen and oxygen atoms in total. The van der Waals surface area contributed by atoms with Crippen LogP contribution >= 0.6 is 0 Å². The first-order valence-electron chi connectivity index (χ1n) is 25.0. The highest BCUT2D eigenvalue weighted by molar-refractivity contribution is 6.33. The van der Waals surface area contributed by atoms with Gasteiger partial charge >= 0.3 is 0 Å². The highest BCUT2D eigenvalue weighted by Crippen LogP contribution is 2.54. The van der Waals surface area contributed by atoms with Crippen molar-refractivity contribution in [3.63, 3.8) is 0 Å². The second-order valence-corrected chi connectivity index (χ2v) is 19.4. The standard InChI is InChI=1S/C70H48N2/c1-45-31-35-51(36-32-45)61-43-67(71(63-27-11-19-47-15-3-7-23-53(47)63)64-28-12-20-48-16-4-8-24-54(48)64)59-42-40-58-62(52-37-33-46(2)34-38-52)44-68(60-41-39-57(61)69(59)70(58)60)72(65-29-13-21-49-17-5-9-25-55(49)65)66-30-14-22-50-18-6-10-26-56(50)66/h3-44H,1-2H3. The molecule has 0 heterocycles. The second kappa shape index (κ2) is 16.7. The lowest BCUT2D eigenvalue weighted by molar-refractivity contribution is 1.33. The lowest BCUT2D eigenvalue weighted by atomic mass is 9.85. The van der Waals surface area contributed by atoms with E-state index in [1.807, 2.05) is 0 Å². The molecule has 0 atom stereocenters. The van der Waals surface area contributed by atoms with Crippen molar-refractivity contribution in [1.82, 2.24) is 0 Å². The molecule has 0 saturated carbocycles. The summed E-state index contributed by atoms with van der Waals surface area (Å²) < 4.78 is 0. The first-order chi connectivity index (χ1) is 35.6. The van der Waals surface area contributed by atoms with Crippen LogP contribution in [-0.2, 0) is 0 Å². The number of benzene rings is 14. The zero-order chi connectivity index (χ0) is 47.9. The SMILES string of the molecule is Cc1ccc(-c2cc(N(c3cccc4ccccc34)c3cccc4ccccc34)c3ccc4c(-c5ccc(C)cc5)cc(N(c5cccc6ccccc56)c5cccc6ccccc56)c5ccc2c3c45)cc1. The summed E-state index contributed by atoms with van der Waals surface area (Å²) in [6.07, 6.45) is 0. The smallest absolute Gasteiger partial charge is 0.0547 e. The van der Waals surface area contributed by atoms with Gasteiger partial charge < -0.3 is 9.80 Å². The minimum Gasteiger partial charge on any atom is -0.309 e. The molecular formula is C70H48N2. The van der Waals surface area contributed by atoms with Crippen LogP contribution in [0, 0.1) is 13.8 Å². The van der Waals surface area contributed by atoms with Gasteiger partial charge in [-0.3, -0.25) is 0 Å². The molecule has 0 aliphatic carbocycles. The predicted molar refractivity (Wildman–Crippen MR) is 310 cm³/mol. The van der Waals surface area contributed by atoms with Crippen LogP contribution in [0.2, 0.25) is 0 Å². The fourth-order valence-corrected chi connectivity index (χ4v) is 11.7. The summed E-state index contributed by atoms with van der Waals surface area (Å²) >= 11 is 0. The summed E-state index contributed by atoms with van der Waals surface area (Å²) in [4.78, 5) is 5.10. The molecule has 0 amide bonds. The molecule has 0 aliphatic rings. The summed E-state index contributed by atoms with van der Waals surface area (Å²) in [5.74, 6) is 0. The zero-order valence-corrected chi connectivity index (χ0v) is 40.1. The van der Waals surface area contributed by atoms with Crippen LogP contribution in [0.5, 0.6) is 0 Å². The van der Waals surface area contributed by atoms with Crippen molar-refractivity contribution in [3.8, 4) is 22.3 Å². The van der Waals surface area contributed by atoms with Crippen LogP contribution in [0.15, 0.2) is 255 Å². The van der Waals surface area contributed by atoms with Gasteiger partial charge in [0.2, 0.25) is 0 Å². The van der Waals surface area contributed by atoms with E-state index in [9.17, 15) is 0 Å². The molecule has 14 rings (SSSR count). The molecule has 72 heavy (non-hydrogen) atoms. The van der Waals surface area contributed by atoms with Gasteiger partial charge in [-0.25, -0.2) is 0 Å². The Morgan fingerprint density at radius 1 is 0.222 bits per heavy atom. The summed E-state index contributed by atoms with van der Waals surface area (Å²) in [7, 11) is 0. The van der Waals surface area contributed by atoms with Gasteiger partial charge in [0.25, 0.3) is 0 Å². The van der Waals surface area contributed by atoms with Crippen molar-refractivity contribution in [2.45, 2.75) is 13.8 Å². The van der Waals surface area contributed by atoms with E-state index in [4.69, 9.17) is 0 Å². The fraction of sp³-hybridized carbons (Fsp3) is 0.0286. The van der Waals surface area contributed by atoms with Crippen LogP contribution in [0.25, 0.3) is 97.7 Å². The van der Waals surface area contributed by atoms with Gasteiger partial charge in [0, 0.05) is 43.1 Å². The molecule has 338 valence electrons. The molecule has 0 radical (unpaired) electrons. The molecule has 2 heteroatoms. The van der Waals surface area contributed by atoms with Gasteiger partial charge in [-0.05, 0) is 105 Å². The van der Waals surface area contributed by atoms with Crippen molar-refractivity contribution >= 4 is 110 Å². The molecule has 0 spiro atoms. The number of hydrogen-bond donors (Lipinski definition) is 0. The lowest BCUT2D eigenvalue weighted by Gasteiger charge is -2.32. The lowest BCUT2D eigenvalue weighted by Crippen LogP contribution is -2.13. The van der Waals surface area contributed by atoms with Gasteiger partial charge in [0.15, 0.2) is 0 Å². The van der Waals surface area contributed by atoms with E-state index in [2.05, 4.69) is 278 Å². The third-order valence-corrected chi connectivity index (χ3v) is 15.1. The molecule has 0 bridgehead atoms. The Kier molecular flexibility index (Phi) is 9.69. The summed E-state index contributed by atoms with van der Waals surface area (Å²) in [6.45, 7) is 4.35. The third-order valence-electron chi connectivity index (χ3n) is 15.1. The quantitative estimate of drug-likeness (QED) is 0.140. The maximum atomic E-state index is 2.55. The topological polar surface area (TPSA) is 6.48 Å². The Labute approximate surface area is 419 Å². The van der Waals surface area contributed by atoms with E-state index in [0.29, 0.717) is 0 Å². The van der Waals surface area contributed by atoms with E-state index >= 15 is 0 Å².